The molecule has 0 saturated heterocycles. The van der Waals surface area contributed by atoms with Gasteiger partial charge in [0.2, 0.25) is 5.91 Å². The summed E-state index contributed by atoms with van der Waals surface area (Å²) in [4.78, 5) is 11.0. The lowest BCUT2D eigenvalue weighted by Crippen LogP contribution is -2.31. The molecule has 0 saturated carbocycles. The van der Waals surface area contributed by atoms with Crippen molar-refractivity contribution in [1.29, 1.82) is 0 Å². The maximum atomic E-state index is 11.7. The number of primary amides is 1. The van der Waals surface area contributed by atoms with Gasteiger partial charge in [-0.1, -0.05) is 11.6 Å². The Labute approximate surface area is 95.6 Å². The fourth-order valence-corrected chi connectivity index (χ4v) is 1.91. The number of carbonyl (C=O) groups is 1. The molecular weight excluding hydrogens is 236 g/mol. The van der Waals surface area contributed by atoms with E-state index in [2.05, 4.69) is 12.1 Å². The molecule has 0 heterocycles. The minimum Gasteiger partial charge on any atom is -0.369 e. The molecule has 1 rings (SSSR count). The highest BCUT2D eigenvalue weighted by molar-refractivity contribution is 7.82. The number of nitrogens with zero attached hydrogens (tertiary/aromatic N) is 1. The SMILES string of the molecule is CN(CC(N)=O)S(=O)c1c#cc(Cl)cc1. The molecular formula is C9H9ClN2O2S. The third-order valence-electron chi connectivity index (χ3n) is 1.54. The maximum absolute atomic E-state index is 11.7. The van der Waals surface area contributed by atoms with Crippen molar-refractivity contribution in [2.45, 2.75) is 4.90 Å². The Balaban J connectivity index is 2.76. The first-order chi connectivity index (χ1) is 7.00. The minimum atomic E-state index is -1.47. The summed E-state index contributed by atoms with van der Waals surface area (Å²) in [6.07, 6.45) is 0. The quantitative estimate of drug-likeness (QED) is 0.832. The van der Waals surface area contributed by atoms with Gasteiger partial charge in [-0.25, -0.2) is 8.51 Å². The second-order valence-corrected chi connectivity index (χ2v) is 4.77. The first-order valence-corrected chi connectivity index (χ1v) is 5.50. The van der Waals surface area contributed by atoms with Crippen LogP contribution >= 0.6 is 11.6 Å². The van der Waals surface area contributed by atoms with Gasteiger partial charge in [0.05, 0.1) is 11.6 Å². The molecule has 1 aromatic carbocycles. The van der Waals surface area contributed by atoms with Gasteiger partial charge in [-0.3, -0.25) is 4.79 Å². The minimum absolute atomic E-state index is 0.0803. The van der Waals surface area contributed by atoms with E-state index < -0.39 is 16.9 Å². The van der Waals surface area contributed by atoms with Gasteiger partial charge in [0.25, 0.3) is 0 Å². The van der Waals surface area contributed by atoms with Gasteiger partial charge in [-0.05, 0) is 24.3 Å². The summed E-state index contributed by atoms with van der Waals surface area (Å²) in [6, 6.07) is 8.35. The number of halogens is 1. The smallest absolute Gasteiger partial charge is 0.232 e. The van der Waals surface area contributed by atoms with Crippen molar-refractivity contribution in [2.75, 3.05) is 13.6 Å². The van der Waals surface area contributed by atoms with Crippen LogP contribution in [0.15, 0.2) is 17.0 Å². The second kappa shape index (κ2) is 5.12. The molecule has 0 aliphatic heterocycles. The van der Waals surface area contributed by atoms with E-state index in [1.807, 2.05) is 0 Å². The van der Waals surface area contributed by atoms with Crippen LogP contribution in [0.2, 0.25) is 5.02 Å². The van der Waals surface area contributed by atoms with Gasteiger partial charge in [-0.2, -0.15) is 0 Å². The molecule has 0 radical (unpaired) electrons. The molecule has 1 aromatic rings. The highest BCUT2D eigenvalue weighted by Gasteiger charge is 2.12. The van der Waals surface area contributed by atoms with Gasteiger partial charge in [0, 0.05) is 7.05 Å². The van der Waals surface area contributed by atoms with E-state index in [0.29, 0.717) is 9.92 Å². The lowest BCUT2D eigenvalue weighted by Gasteiger charge is -2.11. The summed E-state index contributed by atoms with van der Waals surface area (Å²) in [5.74, 6) is -0.538. The van der Waals surface area contributed by atoms with Crippen molar-refractivity contribution < 1.29 is 9.00 Å². The molecule has 0 aliphatic carbocycles. The first-order valence-electron chi connectivity index (χ1n) is 4.01. The van der Waals surface area contributed by atoms with E-state index in [4.69, 9.17) is 17.3 Å². The molecule has 0 aliphatic rings. The average molecular weight is 245 g/mol. The van der Waals surface area contributed by atoms with Crippen molar-refractivity contribution in [3.8, 4) is 0 Å². The number of amides is 1. The third-order valence-corrected chi connectivity index (χ3v) is 3.07. The predicted molar refractivity (Wildman–Crippen MR) is 57.4 cm³/mol. The number of likely N-dealkylation sites (N-methyl/N-ethyl adjacent to an activating group) is 1. The summed E-state index contributed by atoms with van der Waals surface area (Å²) in [5, 5.41) is 0.397. The fraction of sp³-hybridized carbons (Fsp3) is 0.222. The molecule has 15 heavy (non-hydrogen) atoms. The Bertz CT molecular complexity index is 380. The molecule has 0 aromatic heterocycles. The third kappa shape index (κ3) is 3.51. The normalized spacial score (nSPS) is 12.2. The molecule has 0 spiro atoms. The van der Waals surface area contributed by atoms with Crippen molar-refractivity contribution >= 4 is 28.5 Å². The van der Waals surface area contributed by atoms with Gasteiger partial charge >= 0.3 is 0 Å². The van der Waals surface area contributed by atoms with Crippen LogP contribution in [0.4, 0.5) is 0 Å². The van der Waals surface area contributed by atoms with Crippen molar-refractivity contribution in [2.24, 2.45) is 5.73 Å². The van der Waals surface area contributed by atoms with Gasteiger partial charge < -0.3 is 5.73 Å². The molecule has 1 atom stereocenters. The summed E-state index contributed by atoms with van der Waals surface area (Å²) in [5.41, 5.74) is 4.98. The topological polar surface area (TPSA) is 63.4 Å². The van der Waals surface area contributed by atoms with Crippen LogP contribution < -0.4 is 5.73 Å². The van der Waals surface area contributed by atoms with E-state index in [1.165, 1.54) is 11.4 Å². The first kappa shape index (κ1) is 12.0. The highest BCUT2D eigenvalue weighted by atomic mass is 35.5. The molecule has 2 N–H and O–H groups in total. The van der Waals surface area contributed by atoms with Crippen LogP contribution in [-0.4, -0.2) is 28.0 Å². The van der Waals surface area contributed by atoms with Gasteiger partial charge in [-0.15, -0.1) is 0 Å². The number of hydrogen-bond acceptors (Lipinski definition) is 2. The fourth-order valence-electron chi connectivity index (χ4n) is 0.901. The molecule has 6 heteroatoms. The molecule has 0 fully saturated rings. The van der Waals surface area contributed by atoms with Gasteiger partial charge in [0.15, 0.2) is 0 Å². The largest absolute Gasteiger partial charge is 0.369 e. The second-order valence-electron chi connectivity index (χ2n) is 2.80. The Morgan fingerprint density at radius 3 is 2.73 bits per heavy atom. The Hall–Kier alpha value is -1.09. The predicted octanol–water partition coefficient (Wildman–Crippen LogP) is 0.380. The molecule has 4 nitrogen and oxygen atoms in total. The Morgan fingerprint density at radius 2 is 2.27 bits per heavy atom. The number of carbonyl (C=O) groups excluding carboxylic acids is 1. The summed E-state index contributed by atoms with van der Waals surface area (Å²) in [7, 11) is 0.0611. The lowest BCUT2D eigenvalue weighted by atomic mass is 10.4. The monoisotopic (exact) mass is 244 g/mol. The average Bonchev–Trinajstić information content (AvgIpc) is 2.17. The molecule has 1 unspecified atom stereocenters. The zero-order valence-electron chi connectivity index (χ0n) is 7.99. The van der Waals surface area contributed by atoms with E-state index in [-0.39, 0.29) is 6.54 Å². The van der Waals surface area contributed by atoms with Crippen LogP contribution in [-0.2, 0) is 15.8 Å². The molecule has 1 amide bonds. The zero-order chi connectivity index (χ0) is 11.4. The maximum Gasteiger partial charge on any atom is 0.232 e. The van der Waals surface area contributed by atoms with Gasteiger partial charge in [0.1, 0.15) is 15.9 Å². The summed E-state index contributed by atoms with van der Waals surface area (Å²) < 4.78 is 13.0. The van der Waals surface area contributed by atoms with Crippen molar-refractivity contribution in [3.63, 3.8) is 0 Å². The Kier molecular flexibility index (Phi) is 4.09. The van der Waals surface area contributed by atoms with E-state index in [1.54, 1.807) is 12.1 Å². The van der Waals surface area contributed by atoms with Crippen LogP contribution in [0.5, 0.6) is 0 Å². The van der Waals surface area contributed by atoms with Crippen LogP contribution in [0.1, 0.15) is 0 Å². The van der Waals surface area contributed by atoms with Crippen molar-refractivity contribution in [3.05, 3.63) is 29.3 Å². The number of hydrogen-bond donors (Lipinski definition) is 1. The summed E-state index contributed by atoms with van der Waals surface area (Å²) >= 11 is 5.61. The lowest BCUT2D eigenvalue weighted by molar-refractivity contribution is -0.118. The van der Waals surface area contributed by atoms with Crippen LogP contribution in [0.25, 0.3) is 0 Å². The molecule has 0 bridgehead atoms. The number of nitrogens with two attached hydrogens (primary N) is 1. The van der Waals surface area contributed by atoms with Crippen LogP contribution in [0, 0.1) is 12.1 Å². The molecule has 80 valence electrons. The Morgan fingerprint density at radius 1 is 1.60 bits per heavy atom. The zero-order valence-corrected chi connectivity index (χ0v) is 9.56. The van der Waals surface area contributed by atoms with E-state index in [9.17, 15) is 9.00 Å². The standard InChI is InChI=1S/C9H9ClN2O2S/c1-12(6-9(11)13)15(14)8-4-2-7(10)3-5-8/h2,4H,6H2,1H3,(H2,11,13). The van der Waals surface area contributed by atoms with Crippen molar-refractivity contribution in [1.82, 2.24) is 4.31 Å². The summed E-state index contributed by atoms with van der Waals surface area (Å²) in [6.45, 7) is -0.0803. The van der Waals surface area contributed by atoms with Crippen LogP contribution in [0.3, 0.4) is 0 Å². The highest BCUT2D eigenvalue weighted by Crippen LogP contribution is 2.09. The van der Waals surface area contributed by atoms with E-state index in [0.717, 1.165) is 0 Å². The number of rotatable bonds is 4. The van der Waals surface area contributed by atoms with E-state index >= 15 is 0 Å².